The molecule has 1 atom stereocenters. The number of likely N-dealkylation sites (N-methyl/N-ethyl adjacent to an activating group) is 1. The molecule has 0 heterocycles. The van der Waals surface area contributed by atoms with Gasteiger partial charge in [-0.05, 0) is 25.1 Å². The Morgan fingerprint density at radius 3 is 2.62 bits per heavy atom. The third kappa shape index (κ3) is 2.43. The molecule has 0 aromatic heterocycles. The molecule has 0 amide bonds. The summed E-state index contributed by atoms with van der Waals surface area (Å²) in [5, 5.41) is 17.8. The summed E-state index contributed by atoms with van der Waals surface area (Å²) in [4.78, 5) is 12.6. The molecule has 0 radical (unpaired) electrons. The smallest absolute Gasteiger partial charge is 0.337 e. The zero-order chi connectivity index (χ0) is 12.3. The SMILES string of the molecule is CC(CO)N(C)c1ccc(C(=O)O)c(N)c1. The molecule has 0 fully saturated rings. The lowest BCUT2D eigenvalue weighted by Gasteiger charge is -2.25. The minimum absolute atomic E-state index is 0.0249. The molecule has 88 valence electrons. The Morgan fingerprint density at radius 2 is 2.19 bits per heavy atom. The maximum absolute atomic E-state index is 10.8. The molecular weight excluding hydrogens is 208 g/mol. The first-order chi connectivity index (χ1) is 7.47. The standard InChI is InChI=1S/C11H16N2O3/c1-7(6-14)13(2)8-3-4-9(11(15)16)10(12)5-8/h3-5,7,14H,6,12H2,1-2H3,(H,15,16). The van der Waals surface area contributed by atoms with Gasteiger partial charge in [0, 0.05) is 24.5 Å². The van der Waals surface area contributed by atoms with E-state index < -0.39 is 5.97 Å². The van der Waals surface area contributed by atoms with Crippen molar-refractivity contribution in [3.63, 3.8) is 0 Å². The van der Waals surface area contributed by atoms with Gasteiger partial charge in [-0.3, -0.25) is 0 Å². The second kappa shape index (κ2) is 4.85. The Morgan fingerprint density at radius 1 is 1.56 bits per heavy atom. The highest BCUT2D eigenvalue weighted by Gasteiger charge is 2.12. The molecule has 4 N–H and O–H groups in total. The van der Waals surface area contributed by atoms with E-state index in [1.807, 2.05) is 18.9 Å². The first kappa shape index (κ1) is 12.3. The van der Waals surface area contributed by atoms with Crippen molar-refractivity contribution in [3.05, 3.63) is 23.8 Å². The summed E-state index contributed by atoms with van der Waals surface area (Å²) >= 11 is 0. The van der Waals surface area contributed by atoms with E-state index in [1.54, 1.807) is 12.1 Å². The van der Waals surface area contributed by atoms with Gasteiger partial charge in [-0.2, -0.15) is 0 Å². The lowest BCUT2D eigenvalue weighted by atomic mass is 10.1. The molecule has 0 aliphatic heterocycles. The van der Waals surface area contributed by atoms with E-state index >= 15 is 0 Å². The average Bonchev–Trinajstić information content (AvgIpc) is 2.26. The van der Waals surface area contributed by atoms with Crippen molar-refractivity contribution >= 4 is 17.3 Å². The zero-order valence-electron chi connectivity index (χ0n) is 9.34. The van der Waals surface area contributed by atoms with Crippen LogP contribution < -0.4 is 10.6 Å². The maximum Gasteiger partial charge on any atom is 0.337 e. The molecule has 1 aromatic carbocycles. The van der Waals surface area contributed by atoms with Crippen molar-refractivity contribution in [2.75, 3.05) is 24.3 Å². The minimum Gasteiger partial charge on any atom is -0.478 e. The number of aliphatic hydroxyl groups excluding tert-OH is 1. The maximum atomic E-state index is 10.8. The lowest BCUT2D eigenvalue weighted by Crippen LogP contribution is -2.31. The van der Waals surface area contributed by atoms with E-state index in [4.69, 9.17) is 15.9 Å². The number of benzene rings is 1. The van der Waals surface area contributed by atoms with Crippen molar-refractivity contribution in [1.29, 1.82) is 0 Å². The molecule has 0 saturated carbocycles. The van der Waals surface area contributed by atoms with Gasteiger partial charge in [-0.25, -0.2) is 4.79 Å². The molecule has 1 rings (SSSR count). The Labute approximate surface area is 94.1 Å². The Balaban J connectivity index is 3.01. The van der Waals surface area contributed by atoms with E-state index in [0.717, 1.165) is 5.69 Å². The molecule has 16 heavy (non-hydrogen) atoms. The molecule has 0 aliphatic carbocycles. The number of carbonyl (C=O) groups is 1. The van der Waals surface area contributed by atoms with Crippen LogP contribution in [0.15, 0.2) is 18.2 Å². The highest BCUT2D eigenvalue weighted by molar-refractivity contribution is 5.94. The van der Waals surface area contributed by atoms with E-state index in [-0.39, 0.29) is 23.9 Å². The van der Waals surface area contributed by atoms with E-state index in [2.05, 4.69) is 0 Å². The predicted octanol–water partition coefficient (Wildman–Crippen LogP) is 0.784. The van der Waals surface area contributed by atoms with Crippen LogP contribution in [0.2, 0.25) is 0 Å². The summed E-state index contributed by atoms with van der Waals surface area (Å²) in [5.74, 6) is -1.04. The fraction of sp³-hybridized carbons (Fsp3) is 0.364. The highest BCUT2D eigenvalue weighted by atomic mass is 16.4. The van der Waals surface area contributed by atoms with Crippen LogP contribution in [0.1, 0.15) is 17.3 Å². The van der Waals surface area contributed by atoms with Crippen LogP contribution in [0.3, 0.4) is 0 Å². The summed E-state index contributed by atoms with van der Waals surface area (Å²) in [6, 6.07) is 4.69. The number of nitrogens with zero attached hydrogens (tertiary/aromatic N) is 1. The number of nitrogen functional groups attached to an aromatic ring is 1. The summed E-state index contributed by atoms with van der Waals surface area (Å²) in [6.45, 7) is 1.89. The lowest BCUT2D eigenvalue weighted by molar-refractivity contribution is 0.0698. The van der Waals surface area contributed by atoms with Crippen LogP contribution >= 0.6 is 0 Å². The number of anilines is 2. The molecule has 0 spiro atoms. The van der Waals surface area contributed by atoms with Gasteiger partial charge in [-0.15, -0.1) is 0 Å². The topological polar surface area (TPSA) is 86.8 Å². The summed E-state index contributed by atoms with van der Waals surface area (Å²) in [7, 11) is 1.82. The second-order valence-electron chi connectivity index (χ2n) is 3.72. The second-order valence-corrected chi connectivity index (χ2v) is 3.72. The first-order valence-electron chi connectivity index (χ1n) is 4.94. The summed E-state index contributed by atoms with van der Waals surface area (Å²) in [5.41, 5.74) is 6.73. The number of hydrogen-bond acceptors (Lipinski definition) is 4. The average molecular weight is 224 g/mol. The van der Waals surface area contributed by atoms with Crippen LogP contribution in [0, 0.1) is 0 Å². The molecular formula is C11H16N2O3. The zero-order valence-corrected chi connectivity index (χ0v) is 9.34. The van der Waals surface area contributed by atoms with Crippen molar-refractivity contribution < 1.29 is 15.0 Å². The molecule has 1 aromatic rings. The first-order valence-corrected chi connectivity index (χ1v) is 4.94. The van der Waals surface area contributed by atoms with Gasteiger partial charge in [0.2, 0.25) is 0 Å². The van der Waals surface area contributed by atoms with Gasteiger partial charge < -0.3 is 20.8 Å². The number of rotatable bonds is 4. The van der Waals surface area contributed by atoms with E-state index in [0.29, 0.717) is 0 Å². The van der Waals surface area contributed by atoms with Gasteiger partial charge in [0.25, 0.3) is 0 Å². The largest absolute Gasteiger partial charge is 0.478 e. The number of nitrogens with two attached hydrogens (primary N) is 1. The molecule has 1 unspecified atom stereocenters. The van der Waals surface area contributed by atoms with E-state index in [9.17, 15) is 4.79 Å². The quantitative estimate of drug-likeness (QED) is 0.658. The third-order valence-corrected chi connectivity index (χ3v) is 2.60. The number of aromatic carboxylic acids is 1. The van der Waals surface area contributed by atoms with Gasteiger partial charge in [0.05, 0.1) is 12.2 Å². The van der Waals surface area contributed by atoms with Crippen molar-refractivity contribution in [2.24, 2.45) is 0 Å². The fourth-order valence-electron chi connectivity index (χ4n) is 1.34. The van der Waals surface area contributed by atoms with Crippen LogP contribution in [0.4, 0.5) is 11.4 Å². The predicted molar refractivity (Wildman–Crippen MR) is 62.8 cm³/mol. The van der Waals surface area contributed by atoms with Gasteiger partial charge in [-0.1, -0.05) is 0 Å². The van der Waals surface area contributed by atoms with Crippen molar-refractivity contribution in [1.82, 2.24) is 0 Å². The third-order valence-electron chi connectivity index (χ3n) is 2.60. The Hall–Kier alpha value is -1.75. The van der Waals surface area contributed by atoms with Crippen LogP contribution in [-0.4, -0.2) is 35.9 Å². The van der Waals surface area contributed by atoms with Gasteiger partial charge in [0.1, 0.15) is 0 Å². The fourth-order valence-corrected chi connectivity index (χ4v) is 1.34. The Bertz CT molecular complexity index is 393. The Kier molecular flexibility index (Phi) is 3.73. The molecule has 0 saturated heterocycles. The number of carboxylic acid groups (broad SMARTS) is 1. The van der Waals surface area contributed by atoms with Crippen molar-refractivity contribution in [3.8, 4) is 0 Å². The monoisotopic (exact) mass is 224 g/mol. The normalized spacial score (nSPS) is 12.2. The van der Waals surface area contributed by atoms with Gasteiger partial charge in [0.15, 0.2) is 0 Å². The van der Waals surface area contributed by atoms with Gasteiger partial charge >= 0.3 is 5.97 Å². The van der Waals surface area contributed by atoms with Crippen molar-refractivity contribution in [2.45, 2.75) is 13.0 Å². The number of aliphatic hydroxyl groups is 1. The highest BCUT2D eigenvalue weighted by Crippen LogP contribution is 2.22. The summed E-state index contributed by atoms with van der Waals surface area (Å²) < 4.78 is 0. The van der Waals surface area contributed by atoms with Crippen LogP contribution in [0.5, 0.6) is 0 Å². The van der Waals surface area contributed by atoms with Crippen LogP contribution in [-0.2, 0) is 0 Å². The summed E-state index contributed by atoms with van der Waals surface area (Å²) in [6.07, 6.45) is 0. The molecule has 0 aliphatic rings. The minimum atomic E-state index is -1.04. The molecule has 5 heteroatoms. The van der Waals surface area contributed by atoms with Crippen LogP contribution in [0.25, 0.3) is 0 Å². The number of carboxylic acids is 1. The number of hydrogen-bond donors (Lipinski definition) is 3. The van der Waals surface area contributed by atoms with E-state index in [1.165, 1.54) is 6.07 Å². The molecule has 5 nitrogen and oxygen atoms in total. The molecule has 0 bridgehead atoms.